The number of morpholine rings is 1. The lowest BCUT2D eigenvalue weighted by Gasteiger charge is -2.38. The van der Waals surface area contributed by atoms with E-state index in [0.29, 0.717) is 18.2 Å². The molecule has 1 N–H and O–H groups in total. The molecule has 0 aliphatic carbocycles. The Balaban J connectivity index is 1.87. The van der Waals surface area contributed by atoms with Gasteiger partial charge in [-0.2, -0.15) is 5.10 Å². The SMILES string of the molecule is Cc1c(C(=O)NCC(C)N2CC(C)OC(C)C2)cnn1C. The predicted octanol–water partition coefficient (Wildman–Crippen LogP) is 0.956. The minimum atomic E-state index is -0.0539. The van der Waals surface area contributed by atoms with Crippen LogP contribution in [0.2, 0.25) is 0 Å². The van der Waals surface area contributed by atoms with Crippen molar-refractivity contribution in [2.75, 3.05) is 19.6 Å². The molecule has 3 unspecified atom stereocenters. The van der Waals surface area contributed by atoms with Gasteiger partial charge in [0.15, 0.2) is 0 Å². The molecule has 2 rings (SSSR count). The minimum Gasteiger partial charge on any atom is -0.373 e. The molecule has 1 saturated heterocycles. The highest BCUT2D eigenvalue weighted by atomic mass is 16.5. The second-order valence-corrected chi connectivity index (χ2v) is 6.04. The van der Waals surface area contributed by atoms with E-state index in [9.17, 15) is 4.79 Å². The summed E-state index contributed by atoms with van der Waals surface area (Å²) in [6, 6.07) is 0.291. The van der Waals surface area contributed by atoms with E-state index < -0.39 is 0 Å². The quantitative estimate of drug-likeness (QED) is 0.898. The summed E-state index contributed by atoms with van der Waals surface area (Å²) in [4.78, 5) is 14.6. The van der Waals surface area contributed by atoms with Gasteiger partial charge in [0.05, 0.1) is 24.0 Å². The first-order valence-corrected chi connectivity index (χ1v) is 7.54. The van der Waals surface area contributed by atoms with Crippen LogP contribution in [0.1, 0.15) is 36.8 Å². The van der Waals surface area contributed by atoms with Gasteiger partial charge >= 0.3 is 0 Å². The van der Waals surface area contributed by atoms with Crippen LogP contribution in [-0.2, 0) is 11.8 Å². The van der Waals surface area contributed by atoms with Crippen LogP contribution >= 0.6 is 0 Å². The topological polar surface area (TPSA) is 59.4 Å². The van der Waals surface area contributed by atoms with Crippen molar-refractivity contribution in [1.29, 1.82) is 0 Å². The van der Waals surface area contributed by atoms with Gasteiger partial charge in [0.1, 0.15) is 0 Å². The van der Waals surface area contributed by atoms with E-state index in [1.165, 1.54) is 0 Å². The number of nitrogens with one attached hydrogen (secondary N) is 1. The second-order valence-electron chi connectivity index (χ2n) is 6.04. The molecule has 0 spiro atoms. The van der Waals surface area contributed by atoms with Gasteiger partial charge in [-0.05, 0) is 27.7 Å². The lowest BCUT2D eigenvalue weighted by atomic mass is 10.1. The van der Waals surface area contributed by atoms with E-state index in [1.54, 1.807) is 10.9 Å². The van der Waals surface area contributed by atoms with Crippen LogP contribution in [0.25, 0.3) is 0 Å². The Hall–Kier alpha value is -1.40. The van der Waals surface area contributed by atoms with Gasteiger partial charge < -0.3 is 10.1 Å². The smallest absolute Gasteiger partial charge is 0.254 e. The fraction of sp³-hybridized carbons (Fsp3) is 0.733. The fourth-order valence-corrected chi connectivity index (χ4v) is 2.76. The van der Waals surface area contributed by atoms with E-state index in [4.69, 9.17) is 4.74 Å². The lowest BCUT2D eigenvalue weighted by Crippen LogP contribution is -2.52. The molecule has 6 heteroatoms. The first kappa shape index (κ1) is 16.0. The van der Waals surface area contributed by atoms with Crippen molar-refractivity contribution in [3.8, 4) is 0 Å². The zero-order chi connectivity index (χ0) is 15.6. The molecule has 2 heterocycles. The Kier molecular flexibility index (Phi) is 5.00. The fourth-order valence-electron chi connectivity index (χ4n) is 2.76. The molecule has 0 bridgehead atoms. The van der Waals surface area contributed by atoms with Crippen LogP contribution in [0, 0.1) is 6.92 Å². The molecule has 1 aromatic rings. The molecule has 1 fully saturated rings. The van der Waals surface area contributed by atoms with Crippen molar-refractivity contribution in [3.63, 3.8) is 0 Å². The molecular weight excluding hydrogens is 268 g/mol. The first-order valence-electron chi connectivity index (χ1n) is 7.54. The minimum absolute atomic E-state index is 0.0539. The summed E-state index contributed by atoms with van der Waals surface area (Å²) in [5, 5.41) is 7.11. The highest BCUT2D eigenvalue weighted by Gasteiger charge is 2.26. The number of aryl methyl sites for hydroxylation is 1. The third kappa shape index (κ3) is 3.83. The summed E-state index contributed by atoms with van der Waals surface area (Å²) in [7, 11) is 1.84. The van der Waals surface area contributed by atoms with Crippen molar-refractivity contribution in [2.24, 2.45) is 7.05 Å². The molecule has 1 aliphatic heterocycles. The van der Waals surface area contributed by atoms with Crippen molar-refractivity contribution in [1.82, 2.24) is 20.0 Å². The highest BCUT2D eigenvalue weighted by molar-refractivity contribution is 5.95. The maximum absolute atomic E-state index is 12.2. The molecular formula is C15H26N4O2. The summed E-state index contributed by atoms with van der Waals surface area (Å²) in [6.07, 6.45) is 2.11. The molecule has 118 valence electrons. The van der Waals surface area contributed by atoms with E-state index in [2.05, 4.69) is 36.1 Å². The number of ether oxygens (including phenoxy) is 1. The Morgan fingerprint density at radius 2 is 2.10 bits per heavy atom. The summed E-state index contributed by atoms with van der Waals surface area (Å²) in [6.45, 7) is 10.7. The average Bonchev–Trinajstić information content (AvgIpc) is 2.75. The van der Waals surface area contributed by atoms with Crippen LogP contribution in [0.4, 0.5) is 0 Å². The number of hydrogen-bond donors (Lipinski definition) is 1. The monoisotopic (exact) mass is 294 g/mol. The van der Waals surface area contributed by atoms with Crippen LogP contribution in [-0.4, -0.2) is 58.5 Å². The Labute approximate surface area is 126 Å². The van der Waals surface area contributed by atoms with Crippen LogP contribution in [0.15, 0.2) is 6.20 Å². The molecule has 1 aliphatic rings. The number of rotatable bonds is 4. The Morgan fingerprint density at radius 3 is 2.62 bits per heavy atom. The highest BCUT2D eigenvalue weighted by Crippen LogP contribution is 2.13. The van der Waals surface area contributed by atoms with E-state index >= 15 is 0 Å². The molecule has 21 heavy (non-hydrogen) atoms. The third-order valence-electron chi connectivity index (χ3n) is 4.11. The molecule has 1 amide bonds. The standard InChI is InChI=1S/C15H26N4O2/c1-10(19-8-11(2)21-12(3)9-19)6-16-15(20)14-7-17-18(5)13(14)4/h7,10-12H,6,8-9H2,1-5H3,(H,16,20). The van der Waals surface area contributed by atoms with E-state index in [1.807, 2.05) is 14.0 Å². The normalized spacial score (nSPS) is 24.8. The van der Waals surface area contributed by atoms with Gasteiger partial charge in [-0.25, -0.2) is 0 Å². The predicted molar refractivity (Wildman–Crippen MR) is 81.3 cm³/mol. The van der Waals surface area contributed by atoms with Gasteiger partial charge in [-0.3, -0.25) is 14.4 Å². The van der Waals surface area contributed by atoms with Gasteiger partial charge in [-0.1, -0.05) is 0 Å². The van der Waals surface area contributed by atoms with Crippen LogP contribution in [0.3, 0.4) is 0 Å². The number of carbonyl (C=O) groups excluding carboxylic acids is 1. The van der Waals surface area contributed by atoms with Crippen molar-refractivity contribution in [3.05, 3.63) is 17.5 Å². The molecule has 0 saturated carbocycles. The van der Waals surface area contributed by atoms with Crippen molar-refractivity contribution in [2.45, 2.75) is 45.9 Å². The molecule has 1 aromatic heterocycles. The van der Waals surface area contributed by atoms with Crippen molar-refractivity contribution < 1.29 is 9.53 Å². The van der Waals surface area contributed by atoms with Gasteiger partial charge in [0.2, 0.25) is 0 Å². The summed E-state index contributed by atoms with van der Waals surface area (Å²) in [5.74, 6) is -0.0539. The third-order valence-corrected chi connectivity index (χ3v) is 4.11. The second kappa shape index (κ2) is 6.58. The Morgan fingerprint density at radius 1 is 1.48 bits per heavy atom. The Bertz CT molecular complexity index is 490. The van der Waals surface area contributed by atoms with Gasteiger partial charge in [0.25, 0.3) is 5.91 Å². The number of carbonyl (C=O) groups is 1. The number of nitrogens with zero attached hydrogens (tertiary/aromatic N) is 3. The summed E-state index contributed by atoms with van der Waals surface area (Å²) < 4.78 is 7.45. The summed E-state index contributed by atoms with van der Waals surface area (Å²) in [5.41, 5.74) is 1.53. The van der Waals surface area contributed by atoms with E-state index in [0.717, 1.165) is 18.8 Å². The van der Waals surface area contributed by atoms with Gasteiger partial charge in [-0.15, -0.1) is 0 Å². The van der Waals surface area contributed by atoms with E-state index in [-0.39, 0.29) is 18.1 Å². The number of hydrogen-bond acceptors (Lipinski definition) is 4. The van der Waals surface area contributed by atoms with Crippen LogP contribution in [0.5, 0.6) is 0 Å². The number of amides is 1. The molecule has 0 aromatic carbocycles. The maximum atomic E-state index is 12.2. The largest absolute Gasteiger partial charge is 0.373 e. The van der Waals surface area contributed by atoms with Crippen LogP contribution < -0.4 is 5.32 Å². The molecule has 6 nitrogen and oxygen atoms in total. The van der Waals surface area contributed by atoms with Crippen molar-refractivity contribution >= 4 is 5.91 Å². The first-order chi connectivity index (χ1) is 9.88. The molecule has 0 radical (unpaired) electrons. The lowest BCUT2D eigenvalue weighted by molar-refractivity contribution is -0.0778. The average molecular weight is 294 g/mol. The maximum Gasteiger partial charge on any atom is 0.254 e. The molecule has 3 atom stereocenters. The van der Waals surface area contributed by atoms with Gasteiger partial charge in [0, 0.05) is 38.4 Å². The zero-order valence-corrected chi connectivity index (χ0v) is 13.6. The summed E-state index contributed by atoms with van der Waals surface area (Å²) >= 11 is 0. The number of aromatic nitrogens is 2. The zero-order valence-electron chi connectivity index (χ0n) is 13.6.